The number of hydrogen-bond acceptors (Lipinski definition) is 3. The summed E-state index contributed by atoms with van der Waals surface area (Å²) in [6, 6.07) is 4.62. The first-order chi connectivity index (χ1) is 13.6. The first-order valence-electron chi connectivity index (χ1n) is 10.1. The Kier molecular flexibility index (Phi) is 6.22. The van der Waals surface area contributed by atoms with Crippen LogP contribution in [0.5, 0.6) is 0 Å². The molecule has 29 heavy (non-hydrogen) atoms. The summed E-state index contributed by atoms with van der Waals surface area (Å²) >= 11 is 0. The predicted molar refractivity (Wildman–Crippen MR) is 103 cm³/mol. The number of rotatable bonds is 5. The van der Waals surface area contributed by atoms with E-state index in [-0.39, 0.29) is 18.0 Å². The fourth-order valence-electron chi connectivity index (χ4n) is 4.10. The van der Waals surface area contributed by atoms with Gasteiger partial charge in [-0.3, -0.25) is 14.5 Å². The Labute approximate surface area is 169 Å². The topological polar surface area (TPSA) is 43.9 Å². The molecule has 2 aliphatic rings. The molecule has 0 N–H and O–H groups in total. The Morgan fingerprint density at radius 1 is 1.17 bits per heavy atom. The molecule has 0 bridgehead atoms. The van der Waals surface area contributed by atoms with E-state index in [1.54, 1.807) is 11.8 Å². The van der Waals surface area contributed by atoms with Gasteiger partial charge >= 0.3 is 6.18 Å². The zero-order valence-corrected chi connectivity index (χ0v) is 17.1. The molecule has 2 aliphatic heterocycles. The SMILES string of the molecule is CCC(C)CN1CC2N(Cc3ccc(C(F)(F)F)cc3)CCC(=O)N2[C@@H](C)C1=O. The Morgan fingerprint density at radius 3 is 2.41 bits per heavy atom. The molecule has 2 fully saturated rings. The van der Waals surface area contributed by atoms with Crippen molar-refractivity contribution in [2.75, 3.05) is 19.6 Å². The summed E-state index contributed by atoms with van der Waals surface area (Å²) in [5.41, 5.74) is 0.0821. The van der Waals surface area contributed by atoms with E-state index in [0.717, 1.165) is 24.1 Å². The number of piperazine rings is 1. The number of halogens is 3. The van der Waals surface area contributed by atoms with Crippen molar-refractivity contribution in [2.45, 2.75) is 58.5 Å². The van der Waals surface area contributed by atoms with Gasteiger partial charge in [0.1, 0.15) is 12.2 Å². The number of nitrogens with zero attached hydrogens (tertiary/aromatic N) is 3. The lowest BCUT2D eigenvalue weighted by Crippen LogP contribution is -2.69. The average molecular weight is 411 g/mol. The highest BCUT2D eigenvalue weighted by molar-refractivity contribution is 5.89. The van der Waals surface area contributed by atoms with Crippen LogP contribution in [0.2, 0.25) is 0 Å². The van der Waals surface area contributed by atoms with Crippen LogP contribution in [-0.2, 0) is 22.3 Å². The normalized spacial score (nSPS) is 24.6. The third-order valence-corrected chi connectivity index (χ3v) is 6.01. The number of benzene rings is 1. The lowest BCUT2D eigenvalue weighted by Gasteiger charge is -2.52. The maximum Gasteiger partial charge on any atom is 0.416 e. The number of fused-ring (bicyclic) bond motifs is 1. The standard InChI is InChI=1S/C21H28F3N3O2/c1-4-14(2)11-26-13-18-25(10-9-19(28)27(18)15(3)20(26)29)12-16-5-7-17(8-6-16)21(22,23)24/h5-8,14-15,18H,4,9-13H2,1-3H3/t14?,15-,18?/m0/s1. The summed E-state index contributed by atoms with van der Waals surface area (Å²) in [4.78, 5) is 30.9. The highest BCUT2D eigenvalue weighted by Gasteiger charge is 2.45. The molecule has 0 aromatic heterocycles. The van der Waals surface area contributed by atoms with Gasteiger partial charge in [-0.25, -0.2) is 0 Å². The van der Waals surface area contributed by atoms with Gasteiger partial charge in [0.25, 0.3) is 0 Å². The molecule has 0 saturated carbocycles. The van der Waals surface area contributed by atoms with E-state index in [1.165, 1.54) is 12.1 Å². The van der Waals surface area contributed by atoms with Crippen LogP contribution in [-0.4, -0.2) is 58.4 Å². The highest BCUT2D eigenvalue weighted by atomic mass is 19.4. The number of hydrogen-bond donors (Lipinski definition) is 0. The van der Waals surface area contributed by atoms with Crippen molar-refractivity contribution in [3.63, 3.8) is 0 Å². The maximum absolute atomic E-state index is 12.8. The van der Waals surface area contributed by atoms with Crippen LogP contribution >= 0.6 is 0 Å². The monoisotopic (exact) mass is 411 g/mol. The largest absolute Gasteiger partial charge is 0.416 e. The Hall–Kier alpha value is -2.09. The van der Waals surface area contributed by atoms with Gasteiger partial charge in [-0.2, -0.15) is 13.2 Å². The Bertz CT molecular complexity index is 751. The van der Waals surface area contributed by atoms with E-state index in [1.807, 2.05) is 4.90 Å². The van der Waals surface area contributed by atoms with Crippen LogP contribution in [0, 0.1) is 5.92 Å². The molecule has 0 radical (unpaired) electrons. The molecule has 1 aromatic carbocycles. The molecule has 3 rings (SSSR count). The van der Waals surface area contributed by atoms with Gasteiger partial charge in [0, 0.05) is 26.1 Å². The predicted octanol–water partition coefficient (Wildman–Crippen LogP) is 3.34. The molecule has 3 atom stereocenters. The summed E-state index contributed by atoms with van der Waals surface area (Å²) in [5.74, 6) is 0.286. The number of alkyl halides is 3. The average Bonchev–Trinajstić information content (AvgIpc) is 2.67. The maximum atomic E-state index is 12.8. The number of carbonyl (C=O) groups is 2. The van der Waals surface area contributed by atoms with Crippen molar-refractivity contribution >= 4 is 11.8 Å². The molecule has 2 amide bonds. The molecule has 1 aromatic rings. The van der Waals surface area contributed by atoms with Gasteiger partial charge in [-0.1, -0.05) is 32.4 Å². The lowest BCUT2D eigenvalue weighted by atomic mass is 10.0. The van der Waals surface area contributed by atoms with Crippen LogP contribution in [0.15, 0.2) is 24.3 Å². The van der Waals surface area contributed by atoms with Gasteiger partial charge in [0.05, 0.1) is 12.1 Å². The van der Waals surface area contributed by atoms with Crippen molar-refractivity contribution in [3.8, 4) is 0 Å². The second-order valence-corrected chi connectivity index (χ2v) is 8.13. The molecular weight excluding hydrogens is 383 g/mol. The van der Waals surface area contributed by atoms with Gasteiger partial charge in [-0.05, 0) is 30.5 Å². The van der Waals surface area contributed by atoms with Crippen LogP contribution in [0.3, 0.4) is 0 Å². The van der Waals surface area contributed by atoms with Gasteiger partial charge in [0.2, 0.25) is 11.8 Å². The molecule has 8 heteroatoms. The third-order valence-electron chi connectivity index (χ3n) is 6.01. The highest BCUT2D eigenvalue weighted by Crippen LogP contribution is 2.30. The molecule has 160 valence electrons. The van der Waals surface area contributed by atoms with Crippen molar-refractivity contribution in [1.82, 2.24) is 14.7 Å². The minimum atomic E-state index is -4.36. The smallest absolute Gasteiger partial charge is 0.337 e. The quantitative estimate of drug-likeness (QED) is 0.747. The lowest BCUT2D eigenvalue weighted by molar-refractivity contribution is -0.169. The van der Waals surface area contributed by atoms with Gasteiger partial charge in [0.15, 0.2) is 0 Å². The molecule has 5 nitrogen and oxygen atoms in total. The van der Waals surface area contributed by atoms with E-state index in [4.69, 9.17) is 0 Å². The molecule has 2 saturated heterocycles. The van der Waals surface area contributed by atoms with E-state index in [0.29, 0.717) is 38.5 Å². The minimum Gasteiger partial charge on any atom is -0.337 e. The van der Waals surface area contributed by atoms with Gasteiger partial charge < -0.3 is 9.80 Å². The fraction of sp³-hybridized carbons (Fsp3) is 0.619. The number of amides is 2. The first kappa shape index (κ1) is 21.6. The Morgan fingerprint density at radius 2 is 1.83 bits per heavy atom. The summed E-state index contributed by atoms with van der Waals surface area (Å²) < 4.78 is 38.4. The second kappa shape index (κ2) is 8.34. The van der Waals surface area contributed by atoms with Crippen LogP contribution in [0.4, 0.5) is 13.2 Å². The van der Waals surface area contributed by atoms with Crippen molar-refractivity contribution < 1.29 is 22.8 Å². The molecule has 0 spiro atoms. The van der Waals surface area contributed by atoms with Crippen molar-refractivity contribution in [3.05, 3.63) is 35.4 Å². The number of carbonyl (C=O) groups excluding carboxylic acids is 2. The van der Waals surface area contributed by atoms with Crippen LogP contribution in [0.25, 0.3) is 0 Å². The van der Waals surface area contributed by atoms with E-state index in [2.05, 4.69) is 18.7 Å². The second-order valence-electron chi connectivity index (χ2n) is 8.13. The minimum absolute atomic E-state index is 0.0359. The summed E-state index contributed by atoms with van der Waals surface area (Å²) in [7, 11) is 0. The third kappa shape index (κ3) is 4.57. The first-order valence-corrected chi connectivity index (χ1v) is 10.1. The van der Waals surface area contributed by atoms with E-state index < -0.39 is 17.8 Å². The molecular formula is C21H28F3N3O2. The summed E-state index contributed by atoms with van der Waals surface area (Å²) in [5, 5.41) is 0. The molecule has 2 unspecified atom stereocenters. The Balaban J connectivity index is 1.79. The fourth-order valence-corrected chi connectivity index (χ4v) is 4.10. The summed E-state index contributed by atoms with van der Waals surface area (Å²) in [6.45, 7) is 7.97. The molecule has 2 heterocycles. The van der Waals surface area contributed by atoms with E-state index in [9.17, 15) is 22.8 Å². The van der Waals surface area contributed by atoms with Crippen molar-refractivity contribution in [2.24, 2.45) is 5.92 Å². The summed E-state index contributed by atoms with van der Waals surface area (Å²) in [6.07, 6.45) is -3.35. The zero-order chi connectivity index (χ0) is 21.3. The van der Waals surface area contributed by atoms with Crippen LogP contribution < -0.4 is 0 Å². The van der Waals surface area contributed by atoms with Crippen LogP contribution in [0.1, 0.15) is 44.7 Å². The molecule has 0 aliphatic carbocycles. The van der Waals surface area contributed by atoms with Crippen molar-refractivity contribution in [1.29, 1.82) is 0 Å². The van der Waals surface area contributed by atoms with E-state index >= 15 is 0 Å². The zero-order valence-electron chi connectivity index (χ0n) is 17.1. The van der Waals surface area contributed by atoms with Gasteiger partial charge in [-0.15, -0.1) is 0 Å².